The Labute approximate surface area is 124 Å². The summed E-state index contributed by atoms with van der Waals surface area (Å²) in [6.45, 7) is 0.739. The maximum absolute atomic E-state index is 11.3. The third-order valence-electron chi connectivity index (χ3n) is 3.95. The molecule has 8 nitrogen and oxygen atoms in total. The fourth-order valence-corrected chi connectivity index (χ4v) is 4.76. The van der Waals surface area contributed by atoms with Crippen LogP contribution in [0.25, 0.3) is 0 Å². The van der Waals surface area contributed by atoms with Gasteiger partial charge in [-0.2, -0.15) is 0 Å². The lowest BCUT2D eigenvalue weighted by Crippen LogP contribution is -3.00. The average molecular weight is 354 g/mol. The molecule has 1 aliphatic heterocycles. The SMILES string of the molecule is C[N+]1(C)CCCCC1CC(O)(P(=O)(O)O)P(=O)(O)O.[Cl-]. The van der Waals surface area contributed by atoms with Crippen LogP contribution in [0, 0.1) is 0 Å². The summed E-state index contributed by atoms with van der Waals surface area (Å²) in [5.41, 5.74) is 0. The van der Waals surface area contributed by atoms with Crippen LogP contribution in [0.5, 0.6) is 0 Å². The Kier molecular flexibility index (Phi) is 6.49. The Bertz CT molecular complexity index is 410. The molecule has 1 fully saturated rings. The number of halogens is 1. The lowest BCUT2D eigenvalue weighted by molar-refractivity contribution is -0.920. The van der Waals surface area contributed by atoms with Gasteiger partial charge >= 0.3 is 15.2 Å². The minimum absolute atomic E-state index is 0. The van der Waals surface area contributed by atoms with Crippen molar-refractivity contribution in [2.24, 2.45) is 0 Å². The minimum Gasteiger partial charge on any atom is -1.00 e. The largest absolute Gasteiger partial charge is 1.00 e. The summed E-state index contributed by atoms with van der Waals surface area (Å²) >= 11 is 0. The van der Waals surface area contributed by atoms with Gasteiger partial charge in [-0.15, -0.1) is 0 Å². The molecule has 0 spiro atoms. The number of rotatable bonds is 4. The molecule has 20 heavy (non-hydrogen) atoms. The van der Waals surface area contributed by atoms with Crippen molar-refractivity contribution in [3.8, 4) is 0 Å². The van der Waals surface area contributed by atoms with Crippen LogP contribution >= 0.6 is 15.2 Å². The van der Waals surface area contributed by atoms with Gasteiger partial charge in [0.25, 0.3) is 5.08 Å². The van der Waals surface area contributed by atoms with E-state index in [4.69, 9.17) is 19.6 Å². The standard InChI is InChI=1S/C9H21NO7P2.ClH/c1-10(2)6-4-3-5-8(10)7-9(11,18(12,13)14)19(15,16)17;/h8,11H,3-7H2,1-2H3,(H3-,12,13,14,15,16,17);1H. The van der Waals surface area contributed by atoms with Crippen molar-refractivity contribution < 1.29 is 50.7 Å². The van der Waals surface area contributed by atoms with Crippen molar-refractivity contribution in [2.45, 2.75) is 36.8 Å². The van der Waals surface area contributed by atoms with Crippen LogP contribution in [0.3, 0.4) is 0 Å². The summed E-state index contributed by atoms with van der Waals surface area (Å²) in [6, 6.07) is -0.404. The minimum atomic E-state index is -5.35. The quantitative estimate of drug-likeness (QED) is 0.269. The second kappa shape index (κ2) is 6.32. The fourth-order valence-electron chi connectivity index (χ4n) is 2.50. The molecule has 0 amide bonds. The van der Waals surface area contributed by atoms with Crippen LogP contribution in [0.1, 0.15) is 25.7 Å². The summed E-state index contributed by atoms with van der Waals surface area (Å²) in [6.07, 6.45) is 1.70. The summed E-state index contributed by atoms with van der Waals surface area (Å²) in [4.78, 5) is 36.5. The van der Waals surface area contributed by atoms with Gasteiger partial charge in [0.2, 0.25) is 0 Å². The molecular weight excluding hydrogens is 332 g/mol. The fraction of sp³-hybridized carbons (Fsp3) is 1.00. The number of likely N-dealkylation sites (tertiary alicyclic amines) is 1. The second-order valence-corrected chi connectivity index (χ2v) is 9.73. The second-order valence-electron chi connectivity index (χ2n) is 5.72. The van der Waals surface area contributed by atoms with Crippen LogP contribution in [0.2, 0.25) is 0 Å². The summed E-state index contributed by atoms with van der Waals surface area (Å²) in [5.74, 6) is 0. The number of piperidine rings is 1. The molecule has 0 aromatic rings. The lowest BCUT2D eigenvalue weighted by atomic mass is 9.97. The molecule has 1 unspecified atom stereocenters. The van der Waals surface area contributed by atoms with Crippen molar-refractivity contribution in [2.75, 3.05) is 20.6 Å². The molecule has 5 N–H and O–H groups in total. The van der Waals surface area contributed by atoms with E-state index in [1.165, 1.54) is 0 Å². The number of hydrogen-bond acceptors (Lipinski definition) is 3. The van der Waals surface area contributed by atoms with Crippen molar-refractivity contribution in [3.63, 3.8) is 0 Å². The van der Waals surface area contributed by atoms with E-state index in [1.807, 2.05) is 14.1 Å². The molecule has 0 saturated carbocycles. The maximum atomic E-state index is 11.3. The van der Waals surface area contributed by atoms with Gasteiger partial charge in [-0.1, -0.05) is 0 Å². The van der Waals surface area contributed by atoms with E-state index in [0.717, 1.165) is 19.4 Å². The predicted octanol–water partition coefficient (Wildman–Crippen LogP) is -2.99. The van der Waals surface area contributed by atoms with E-state index in [9.17, 15) is 14.2 Å². The van der Waals surface area contributed by atoms with Crippen molar-refractivity contribution >= 4 is 15.2 Å². The normalized spacial score (nSPS) is 24.1. The highest BCUT2D eigenvalue weighted by Crippen LogP contribution is 2.69. The van der Waals surface area contributed by atoms with E-state index >= 15 is 0 Å². The molecule has 1 atom stereocenters. The van der Waals surface area contributed by atoms with Gasteiger partial charge in [0.15, 0.2) is 0 Å². The topological polar surface area (TPSA) is 135 Å². The summed E-state index contributed by atoms with van der Waals surface area (Å²) in [7, 11) is -7.05. The Morgan fingerprint density at radius 3 is 1.90 bits per heavy atom. The van der Waals surface area contributed by atoms with Crippen LogP contribution < -0.4 is 12.4 Å². The van der Waals surface area contributed by atoms with E-state index in [2.05, 4.69) is 0 Å². The van der Waals surface area contributed by atoms with Crippen LogP contribution in [-0.4, -0.2) is 60.9 Å². The van der Waals surface area contributed by atoms with Gasteiger partial charge in [-0.05, 0) is 19.3 Å². The van der Waals surface area contributed by atoms with Gasteiger partial charge in [0.05, 0.1) is 33.1 Å². The number of nitrogens with zero attached hydrogens (tertiary/aromatic N) is 1. The number of aliphatic hydroxyl groups is 1. The third-order valence-corrected chi connectivity index (χ3v) is 7.75. The Morgan fingerprint density at radius 2 is 1.55 bits per heavy atom. The first kappa shape index (κ1) is 20.5. The van der Waals surface area contributed by atoms with Gasteiger partial charge < -0.3 is 41.6 Å². The molecule has 1 heterocycles. The highest BCUT2D eigenvalue weighted by molar-refractivity contribution is 7.72. The molecular formula is C9H22ClNO7P2. The third kappa shape index (κ3) is 4.03. The first-order chi connectivity index (χ1) is 8.31. The van der Waals surface area contributed by atoms with Crippen molar-refractivity contribution in [1.29, 1.82) is 0 Å². The molecule has 0 aromatic heterocycles. The maximum Gasteiger partial charge on any atom is 0.369 e. The molecule has 11 heteroatoms. The Morgan fingerprint density at radius 1 is 1.10 bits per heavy atom. The zero-order valence-corrected chi connectivity index (χ0v) is 13.9. The Balaban J connectivity index is 0.00000361. The summed E-state index contributed by atoms with van der Waals surface area (Å²) < 4.78 is 23.0. The molecule has 0 aliphatic carbocycles. The molecule has 0 radical (unpaired) electrons. The first-order valence-corrected chi connectivity index (χ1v) is 9.20. The van der Waals surface area contributed by atoms with E-state index in [1.54, 1.807) is 0 Å². The van der Waals surface area contributed by atoms with Crippen LogP contribution in [-0.2, 0) is 9.13 Å². The lowest BCUT2D eigenvalue weighted by Gasteiger charge is -2.44. The Hall–Kier alpha value is 0.510. The van der Waals surface area contributed by atoms with Crippen molar-refractivity contribution in [1.82, 2.24) is 0 Å². The van der Waals surface area contributed by atoms with Crippen molar-refractivity contribution in [3.05, 3.63) is 0 Å². The van der Waals surface area contributed by atoms with Crippen LogP contribution in [0.15, 0.2) is 0 Å². The van der Waals surface area contributed by atoms with Gasteiger partial charge in [0.1, 0.15) is 0 Å². The van der Waals surface area contributed by atoms with E-state index in [-0.39, 0.29) is 12.4 Å². The van der Waals surface area contributed by atoms with E-state index in [0.29, 0.717) is 10.9 Å². The molecule has 122 valence electrons. The highest BCUT2D eigenvalue weighted by Gasteiger charge is 2.61. The van der Waals surface area contributed by atoms with E-state index < -0.39 is 32.7 Å². The first-order valence-electron chi connectivity index (χ1n) is 5.97. The monoisotopic (exact) mass is 353 g/mol. The number of hydrogen-bond donors (Lipinski definition) is 5. The van der Waals surface area contributed by atoms with Gasteiger partial charge in [-0.25, -0.2) is 0 Å². The average Bonchev–Trinajstić information content (AvgIpc) is 2.17. The molecule has 0 bridgehead atoms. The summed E-state index contributed by atoms with van der Waals surface area (Å²) in [5, 5.41) is 6.64. The molecule has 1 rings (SSSR count). The molecule has 1 aliphatic rings. The predicted molar refractivity (Wildman–Crippen MR) is 68.3 cm³/mol. The molecule has 1 saturated heterocycles. The highest BCUT2D eigenvalue weighted by atomic mass is 35.5. The zero-order valence-electron chi connectivity index (χ0n) is 11.4. The zero-order chi connectivity index (χ0) is 15.1. The smallest absolute Gasteiger partial charge is 0.369 e. The van der Waals surface area contributed by atoms with Gasteiger partial charge in [-0.3, -0.25) is 9.13 Å². The van der Waals surface area contributed by atoms with Crippen LogP contribution in [0.4, 0.5) is 0 Å². The molecule has 0 aromatic carbocycles. The van der Waals surface area contributed by atoms with Gasteiger partial charge in [0, 0.05) is 0 Å². The number of quaternary nitrogens is 1.